The van der Waals surface area contributed by atoms with E-state index in [4.69, 9.17) is 5.73 Å². The lowest BCUT2D eigenvalue weighted by atomic mass is 9.86. The van der Waals surface area contributed by atoms with Crippen LogP contribution in [-0.2, 0) is 11.3 Å². The van der Waals surface area contributed by atoms with Crippen LogP contribution in [-0.4, -0.2) is 22.1 Å². The van der Waals surface area contributed by atoms with Gasteiger partial charge in [-0.15, -0.1) is 0 Å². The zero-order valence-corrected chi connectivity index (χ0v) is 9.06. The summed E-state index contributed by atoms with van der Waals surface area (Å²) in [6.07, 6.45) is 4.86. The molecule has 3 N–H and O–H groups in total. The van der Waals surface area contributed by atoms with Gasteiger partial charge in [0, 0.05) is 12.0 Å². The van der Waals surface area contributed by atoms with Gasteiger partial charge in [0.1, 0.15) is 0 Å². The summed E-state index contributed by atoms with van der Waals surface area (Å²) in [6.45, 7) is 0.331. The molecular weight excluding hydrogens is 208 g/mol. The summed E-state index contributed by atoms with van der Waals surface area (Å²) in [5.74, 6) is 0.657. The Morgan fingerprint density at radius 3 is 2.88 bits per heavy atom. The molecule has 1 aromatic rings. The molecular formula is C10H16N4O2. The van der Waals surface area contributed by atoms with Gasteiger partial charge in [-0.3, -0.25) is 4.79 Å². The molecule has 1 aromatic heterocycles. The Morgan fingerprint density at radius 2 is 2.25 bits per heavy atom. The lowest BCUT2D eigenvalue weighted by Gasteiger charge is -2.24. The maximum Gasteiger partial charge on any atom is 0.223 e. The molecule has 1 fully saturated rings. The van der Waals surface area contributed by atoms with Crippen LogP contribution in [0.15, 0.2) is 10.9 Å². The maximum absolute atomic E-state index is 11.8. The molecule has 1 aliphatic carbocycles. The van der Waals surface area contributed by atoms with Gasteiger partial charge in [0.2, 0.25) is 12.3 Å². The van der Waals surface area contributed by atoms with Crippen molar-refractivity contribution in [1.29, 1.82) is 0 Å². The summed E-state index contributed by atoms with van der Waals surface area (Å²) < 4.78 is 4.58. The van der Waals surface area contributed by atoms with Crippen molar-refractivity contribution < 1.29 is 9.32 Å². The molecule has 2 rings (SSSR count). The van der Waals surface area contributed by atoms with Gasteiger partial charge in [0.25, 0.3) is 0 Å². The predicted molar refractivity (Wildman–Crippen MR) is 56.1 cm³/mol. The Balaban J connectivity index is 1.75. The first kappa shape index (κ1) is 11.1. The van der Waals surface area contributed by atoms with Crippen LogP contribution in [0.3, 0.4) is 0 Å². The van der Waals surface area contributed by atoms with Crippen LogP contribution in [0.25, 0.3) is 0 Å². The molecule has 0 spiro atoms. The summed E-state index contributed by atoms with van der Waals surface area (Å²) in [5, 5.41) is 6.43. The largest absolute Gasteiger partial charge is 0.348 e. The SMILES string of the molecule is NC1CCC(C(=O)NCc2ncon2)CC1. The minimum absolute atomic E-state index is 0.0664. The first-order valence-electron chi connectivity index (χ1n) is 5.54. The molecule has 0 aliphatic heterocycles. The minimum Gasteiger partial charge on any atom is -0.348 e. The van der Waals surface area contributed by atoms with Crippen LogP contribution in [0.2, 0.25) is 0 Å². The zero-order chi connectivity index (χ0) is 11.4. The fourth-order valence-corrected chi connectivity index (χ4v) is 1.96. The van der Waals surface area contributed by atoms with Gasteiger partial charge in [-0.1, -0.05) is 5.16 Å². The highest BCUT2D eigenvalue weighted by Gasteiger charge is 2.24. The first-order chi connectivity index (χ1) is 7.75. The molecule has 0 unspecified atom stereocenters. The van der Waals surface area contributed by atoms with Crippen LogP contribution in [0.4, 0.5) is 0 Å². The normalized spacial score (nSPS) is 25.3. The minimum atomic E-state index is 0.0664. The molecule has 1 saturated carbocycles. The number of carbonyl (C=O) groups excluding carboxylic acids is 1. The monoisotopic (exact) mass is 224 g/mol. The number of nitrogens with zero attached hydrogens (tertiary/aromatic N) is 2. The van der Waals surface area contributed by atoms with Crippen molar-refractivity contribution in [2.24, 2.45) is 11.7 Å². The van der Waals surface area contributed by atoms with Gasteiger partial charge < -0.3 is 15.6 Å². The molecule has 0 saturated heterocycles. The topological polar surface area (TPSA) is 94.0 Å². The van der Waals surface area contributed by atoms with Crippen molar-refractivity contribution in [2.45, 2.75) is 38.3 Å². The summed E-state index contributed by atoms with van der Waals surface area (Å²) in [7, 11) is 0. The molecule has 0 atom stereocenters. The summed E-state index contributed by atoms with van der Waals surface area (Å²) in [4.78, 5) is 15.6. The standard InChI is InChI=1S/C10H16N4O2/c11-8-3-1-7(2-4-8)10(15)12-5-9-13-6-16-14-9/h6-8H,1-5,11H2,(H,12,15). The number of rotatable bonds is 3. The van der Waals surface area contributed by atoms with E-state index in [1.54, 1.807) is 0 Å². The van der Waals surface area contributed by atoms with Gasteiger partial charge in [0.05, 0.1) is 6.54 Å². The Labute approximate surface area is 93.6 Å². The van der Waals surface area contributed by atoms with Crippen molar-refractivity contribution in [3.63, 3.8) is 0 Å². The van der Waals surface area contributed by atoms with Crippen LogP contribution in [0.5, 0.6) is 0 Å². The van der Waals surface area contributed by atoms with Crippen LogP contribution >= 0.6 is 0 Å². The van der Waals surface area contributed by atoms with Gasteiger partial charge >= 0.3 is 0 Å². The third kappa shape index (κ3) is 2.79. The van der Waals surface area contributed by atoms with E-state index in [1.807, 2.05) is 0 Å². The second-order valence-electron chi connectivity index (χ2n) is 4.18. The number of carbonyl (C=O) groups is 1. The quantitative estimate of drug-likeness (QED) is 0.765. The average molecular weight is 224 g/mol. The Bertz CT molecular complexity index is 331. The molecule has 0 bridgehead atoms. The molecule has 6 nitrogen and oxygen atoms in total. The van der Waals surface area contributed by atoms with E-state index in [-0.39, 0.29) is 17.9 Å². The van der Waals surface area contributed by atoms with Gasteiger partial charge in [-0.2, -0.15) is 4.98 Å². The third-order valence-corrected chi connectivity index (χ3v) is 2.97. The Morgan fingerprint density at radius 1 is 1.50 bits per heavy atom. The average Bonchev–Trinajstić information content (AvgIpc) is 2.80. The molecule has 88 valence electrons. The van der Waals surface area contributed by atoms with E-state index >= 15 is 0 Å². The van der Waals surface area contributed by atoms with Crippen LogP contribution in [0.1, 0.15) is 31.5 Å². The van der Waals surface area contributed by atoms with E-state index in [0.29, 0.717) is 12.4 Å². The molecule has 16 heavy (non-hydrogen) atoms. The van der Waals surface area contributed by atoms with E-state index in [2.05, 4.69) is 20.0 Å². The van der Waals surface area contributed by atoms with E-state index < -0.39 is 0 Å². The lowest BCUT2D eigenvalue weighted by molar-refractivity contribution is -0.126. The summed E-state index contributed by atoms with van der Waals surface area (Å²) in [5.41, 5.74) is 5.78. The second kappa shape index (κ2) is 5.07. The highest BCUT2D eigenvalue weighted by Crippen LogP contribution is 2.23. The number of nitrogens with two attached hydrogens (primary N) is 1. The zero-order valence-electron chi connectivity index (χ0n) is 9.06. The number of aromatic nitrogens is 2. The van der Waals surface area contributed by atoms with Crippen molar-refractivity contribution in [1.82, 2.24) is 15.5 Å². The Hall–Kier alpha value is -1.43. The number of amides is 1. The second-order valence-corrected chi connectivity index (χ2v) is 4.18. The fourth-order valence-electron chi connectivity index (χ4n) is 1.96. The molecule has 1 heterocycles. The van der Waals surface area contributed by atoms with Crippen LogP contribution < -0.4 is 11.1 Å². The molecule has 1 aliphatic rings. The summed E-state index contributed by atoms with van der Waals surface area (Å²) >= 11 is 0. The van der Waals surface area contributed by atoms with E-state index in [1.165, 1.54) is 6.39 Å². The Kier molecular flexibility index (Phi) is 3.51. The lowest BCUT2D eigenvalue weighted by Crippen LogP contribution is -2.36. The van der Waals surface area contributed by atoms with Crippen molar-refractivity contribution in [3.8, 4) is 0 Å². The molecule has 0 aromatic carbocycles. The van der Waals surface area contributed by atoms with E-state index in [0.717, 1.165) is 25.7 Å². The van der Waals surface area contributed by atoms with Crippen molar-refractivity contribution >= 4 is 5.91 Å². The number of nitrogens with one attached hydrogen (secondary N) is 1. The molecule has 6 heteroatoms. The van der Waals surface area contributed by atoms with Crippen molar-refractivity contribution in [2.75, 3.05) is 0 Å². The predicted octanol–water partition coefficient (Wildman–Crippen LogP) is 0.203. The van der Waals surface area contributed by atoms with E-state index in [9.17, 15) is 4.79 Å². The third-order valence-electron chi connectivity index (χ3n) is 2.97. The maximum atomic E-state index is 11.8. The van der Waals surface area contributed by atoms with Gasteiger partial charge in [-0.25, -0.2) is 0 Å². The molecule has 0 radical (unpaired) electrons. The molecule has 1 amide bonds. The first-order valence-corrected chi connectivity index (χ1v) is 5.54. The number of hydrogen-bond donors (Lipinski definition) is 2. The van der Waals surface area contributed by atoms with Gasteiger partial charge in [-0.05, 0) is 25.7 Å². The van der Waals surface area contributed by atoms with Crippen LogP contribution in [0, 0.1) is 5.92 Å². The number of hydrogen-bond acceptors (Lipinski definition) is 5. The smallest absolute Gasteiger partial charge is 0.223 e. The fraction of sp³-hybridized carbons (Fsp3) is 0.700. The highest BCUT2D eigenvalue weighted by atomic mass is 16.5. The van der Waals surface area contributed by atoms with Crippen molar-refractivity contribution in [3.05, 3.63) is 12.2 Å². The highest BCUT2D eigenvalue weighted by molar-refractivity contribution is 5.78. The van der Waals surface area contributed by atoms with Gasteiger partial charge in [0.15, 0.2) is 5.82 Å². The summed E-state index contributed by atoms with van der Waals surface area (Å²) in [6, 6.07) is 0.265.